The van der Waals surface area contributed by atoms with Crippen molar-refractivity contribution < 1.29 is 19.0 Å². The van der Waals surface area contributed by atoms with Crippen LogP contribution in [-0.4, -0.2) is 44.0 Å². The van der Waals surface area contributed by atoms with Crippen LogP contribution in [0.1, 0.15) is 11.1 Å². The summed E-state index contributed by atoms with van der Waals surface area (Å²) in [6.07, 6.45) is 5.05. The Bertz CT molecular complexity index is 830. The van der Waals surface area contributed by atoms with E-state index >= 15 is 0 Å². The fourth-order valence-corrected chi connectivity index (χ4v) is 2.94. The summed E-state index contributed by atoms with van der Waals surface area (Å²) in [7, 11) is 0. The number of hydrogen-bond donors (Lipinski definition) is 1. The summed E-state index contributed by atoms with van der Waals surface area (Å²) in [4.78, 5) is 18.7. The molecule has 0 atom stereocenters. The third-order valence-corrected chi connectivity index (χ3v) is 4.43. The zero-order valence-corrected chi connectivity index (χ0v) is 14.9. The average molecular weight is 367 g/mol. The highest BCUT2D eigenvalue weighted by atomic mass is 16.7. The number of amides is 1. The molecule has 1 aromatic heterocycles. The van der Waals surface area contributed by atoms with Gasteiger partial charge in [-0.1, -0.05) is 12.1 Å². The molecule has 3 heterocycles. The zero-order chi connectivity index (χ0) is 18.5. The minimum Gasteiger partial charge on any atom is -0.454 e. The molecule has 7 nitrogen and oxygen atoms in total. The van der Waals surface area contributed by atoms with Crippen molar-refractivity contribution in [2.45, 2.75) is 6.54 Å². The maximum Gasteiger partial charge on any atom is 0.244 e. The van der Waals surface area contributed by atoms with Crippen LogP contribution in [0.25, 0.3) is 6.08 Å². The van der Waals surface area contributed by atoms with Gasteiger partial charge < -0.3 is 24.4 Å². The predicted molar refractivity (Wildman–Crippen MR) is 101 cm³/mol. The van der Waals surface area contributed by atoms with Crippen LogP contribution in [0.5, 0.6) is 11.5 Å². The summed E-state index contributed by atoms with van der Waals surface area (Å²) >= 11 is 0. The van der Waals surface area contributed by atoms with Crippen LogP contribution in [0.15, 0.2) is 42.6 Å². The Morgan fingerprint density at radius 3 is 2.81 bits per heavy atom. The molecule has 0 radical (unpaired) electrons. The summed E-state index contributed by atoms with van der Waals surface area (Å²) in [6, 6.07) is 9.53. The van der Waals surface area contributed by atoms with Gasteiger partial charge >= 0.3 is 0 Å². The molecule has 0 spiro atoms. The summed E-state index contributed by atoms with van der Waals surface area (Å²) < 4.78 is 16.0. The SMILES string of the molecule is O=C(/C=C/c1ccc2c(c1)OCO2)NCc1ccc(N2CCOCC2)nc1. The largest absolute Gasteiger partial charge is 0.454 e. The van der Waals surface area contributed by atoms with Crippen LogP contribution in [-0.2, 0) is 16.1 Å². The second-order valence-corrected chi connectivity index (χ2v) is 6.29. The molecule has 0 saturated carbocycles. The van der Waals surface area contributed by atoms with E-state index in [0.717, 1.165) is 49.0 Å². The molecule has 2 aliphatic rings. The third-order valence-electron chi connectivity index (χ3n) is 4.43. The van der Waals surface area contributed by atoms with Gasteiger partial charge in [-0.15, -0.1) is 0 Å². The van der Waals surface area contributed by atoms with Crippen molar-refractivity contribution in [3.05, 3.63) is 53.7 Å². The molecule has 1 saturated heterocycles. The number of carbonyl (C=O) groups is 1. The maximum atomic E-state index is 12.0. The van der Waals surface area contributed by atoms with Gasteiger partial charge in [-0.25, -0.2) is 4.98 Å². The Labute approximate surface area is 157 Å². The molecule has 4 rings (SSSR count). The molecule has 27 heavy (non-hydrogen) atoms. The number of benzene rings is 1. The first-order valence-electron chi connectivity index (χ1n) is 8.91. The van der Waals surface area contributed by atoms with E-state index in [9.17, 15) is 4.79 Å². The second kappa shape index (κ2) is 8.09. The molecule has 1 aromatic carbocycles. The number of ether oxygens (including phenoxy) is 3. The second-order valence-electron chi connectivity index (χ2n) is 6.29. The van der Waals surface area contributed by atoms with Crippen LogP contribution in [0.4, 0.5) is 5.82 Å². The van der Waals surface area contributed by atoms with Crippen LogP contribution in [0, 0.1) is 0 Å². The number of nitrogens with zero attached hydrogens (tertiary/aromatic N) is 2. The highest BCUT2D eigenvalue weighted by Crippen LogP contribution is 2.32. The minimum atomic E-state index is -0.162. The van der Waals surface area contributed by atoms with Gasteiger partial charge in [0.2, 0.25) is 12.7 Å². The number of pyridine rings is 1. The van der Waals surface area contributed by atoms with Gasteiger partial charge in [-0.2, -0.15) is 0 Å². The molecule has 140 valence electrons. The monoisotopic (exact) mass is 367 g/mol. The lowest BCUT2D eigenvalue weighted by atomic mass is 10.2. The lowest BCUT2D eigenvalue weighted by Crippen LogP contribution is -2.36. The summed E-state index contributed by atoms with van der Waals surface area (Å²) in [5.74, 6) is 2.20. The number of aromatic nitrogens is 1. The molecular formula is C20H21N3O4. The van der Waals surface area contributed by atoms with Gasteiger partial charge in [0.1, 0.15) is 5.82 Å². The first-order valence-corrected chi connectivity index (χ1v) is 8.91. The van der Waals surface area contributed by atoms with E-state index in [-0.39, 0.29) is 12.7 Å². The number of anilines is 1. The van der Waals surface area contributed by atoms with E-state index in [0.29, 0.717) is 12.3 Å². The van der Waals surface area contributed by atoms with E-state index in [4.69, 9.17) is 14.2 Å². The minimum absolute atomic E-state index is 0.162. The highest BCUT2D eigenvalue weighted by Gasteiger charge is 2.13. The normalized spacial score (nSPS) is 15.9. The first-order chi connectivity index (χ1) is 13.3. The van der Waals surface area contributed by atoms with Crippen molar-refractivity contribution >= 4 is 17.8 Å². The van der Waals surface area contributed by atoms with Gasteiger partial charge in [0, 0.05) is 31.9 Å². The van der Waals surface area contributed by atoms with Crippen molar-refractivity contribution in [3.8, 4) is 11.5 Å². The summed E-state index contributed by atoms with van der Waals surface area (Å²) in [5.41, 5.74) is 1.84. The van der Waals surface area contributed by atoms with Crippen molar-refractivity contribution in [2.75, 3.05) is 38.0 Å². The Morgan fingerprint density at radius 2 is 2.00 bits per heavy atom. The molecule has 0 unspecified atom stereocenters. The van der Waals surface area contributed by atoms with Crippen molar-refractivity contribution in [2.24, 2.45) is 0 Å². The van der Waals surface area contributed by atoms with Gasteiger partial charge in [0.05, 0.1) is 13.2 Å². The zero-order valence-electron chi connectivity index (χ0n) is 14.9. The Balaban J connectivity index is 1.28. The molecule has 1 amide bonds. The fraction of sp³-hybridized carbons (Fsp3) is 0.300. The lowest BCUT2D eigenvalue weighted by Gasteiger charge is -2.27. The lowest BCUT2D eigenvalue weighted by molar-refractivity contribution is -0.116. The van der Waals surface area contributed by atoms with E-state index in [1.807, 2.05) is 30.3 Å². The van der Waals surface area contributed by atoms with Gasteiger partial charge in [-0.3, -0.25) is 4.79 Å². The van der Waals surface area contributed by atoms with Gasteiger partial charge in [0.15, 0.2) is 11.5 Å². The number of fused-ring (bicyclic) bond motifs is 1. The Hall–Kier alpha value is -3.06. The van der Waals surface area contributed by atoms with Crippen LogP contribution in [0.3, 0.4) is 0 Å². The Kier molecular flexibility index (Phi) is 5.20. The molecule has 7 heteroatoms. The molecule has 1 fully saturated rings. The number of rotatable bonds is 5. The van der Waals surface area contributed by atoms with Gasteiger partial charge in [-0.05, 0) is 35.4 Å². The number of hydrogen-bond acceptors (Lipinski definition) is 6. The standard InChI is InChI=1S/C20H21N3O4/c24-20(6-3-15-1-4-17-18(11-15)27-14-26-17)22-13-16-2-5-19(21-12-16)23-7-9-25-10-8-23/h1-6,11-12H,7-10,13-14H2,(H,22,24)/b6-3+. The van der Waals surface area contributed by atoms with E-state index < -0.39 is 0 Å². The third kappa shape index (κ3) is 4.38. The van der Waals surface area contributed by atoms with E-state index in [1.165, 1.54) is 6.08 Å². The van der Waals surface area contributed by atoms with Crippen LogP contribution >= 0.6 is 0 Å². The Morgan fingerprint density at radius 1 is 1.15 bits per heavy atom. The average Bonchev–Trinajstić information content (AvgIpc) is 3.19. The van der Waals surface area contributed by atoms with Crippen molar-refractivity contribution in [1.29, 1.82) is 0 Å². The number of nitrogens with one attached hydrogen (secondary N) is 1. The topological polar surface area (TPSA) is 72.9 Å². The first kappa shape index (κ1) is 17.4. The smallest absolute Gasteiger partial charge is 0.244 e. The molecule has 1 N–H and O–H groups in total. The maximum absolute atomic E-state index is 12.0. The van der Waals surface area contributed by atoms with E-state index in [2.05, 4.69) is 15.2 Å². The number of morpholine rings is 1. The molecular weight excluding hydrogens is 346 g/mol. The van der Waals surface area contributed by atoms with E-state index in [1.54, 1.807) is 12.3 Å². The molecule has 0 bridgehead atoms. The molecule has 2 aromatic rings. The fourth-order valence-electron chi connectivity index (χ4n) is 2.94. The summed E-state index contributed by atoms with van der Waals surface area (Å²) in [5, 5.41) is 2.87. The number of carbonyl (C=O) groups excluding carboxylic acids is 1. The quantitative estimate of drug-likeness (QED) is 0.815. The molecule has 2 aliphatic heterocycles. The van der Waals surface area contributed by atoms with Crippen molar-refractivity contribution in [1.82, 2.24) is 10.3 Å². The highest BCUT2D eigenvalue weighted by molar-refractivity contribution is 5.91. The predicted octanol–water partition coefficient (Wildman–Crippen LogP) is 1.98. The van der Waals surface area contributed by atoms with Crippen molar-refractivity contribution in [3.63, 3.8) is 0 Å². The van der Waals surface area contributed by atoms with Crippen LogP contribution < -0.4 is 19.7 Å². The van der Waals surface area contributed by atoms with Crippen LogP contribution in [0.2, 0.25) is 0 Å². The van der Waals surface area contributed by atoms with Gasteiger partial charge in [0.25, 0.3) is 0 Å². The summed E-state index contributed by atoms with van der Waals surface area (Å²) in [6.45, 7) is 3.84. The molecule has 0 aliphatic carbocycles.